The smallest absolute Gasteiger partial charge is 0.282 e. The van der Waals surface area contributed by atoms with E-state index in [0.29, 0.717) is 29.4 Å². The molecule has 1 aromatic carbocycles. The summed E-state index contributed by atoms with van der Waals surface area (Å²) in [5.74, 6) is 0.277. The fraction of sp³-hybridized carbons (Fsp3) is 0.636. The third-order valence-electron chi connectivity index (χ3n) is 5.99. The van der Waals surface area contributed by atoms with Crippen LogP contribution in [0.5, 0.6) is 0 Å². The molecule has 1 aromatic rings. The Bertz CT molecular complexity index is 704. The molecule has 29 heavy (non-hydrogen) atoms. The summed E-state index contributed by atoms with van der Waals surface area (Å²) < 4.78 is 0.798. The molecule has 2 N–H and O–H groups in total. The van der Waals surface area contributed by atoms with Crippen LogP contribution >= 0.6 is 11.6 Å². The first-order chi connectivity index (χ1) is 13.8. The Hall–Kier alpha value is -1.79. The molecule has 1 fully saturated rings. The van der Waals surface area contributed by atoms with E-state index in [1.807, 2.05) is 11.9 Å². The van der Waals surface area contributed by atoms with Crippen LogP contribution in [-0.4, -0.2) is 68.0 Å². The van der Waals surface area contributed by atoms with E-state index >= 15 is 0 Å². The Morgan fingerprint density at radius 1 is 1.14 bits per heavy atom. The van der Waals surface area contributed by atoms with Crippen molar-refractivity contribution in [3.05, 3.63) is 23.2 Å². The first kappa shape index (κ1) is 23.5. The molecule has 0 aromatic heterocycles. The minimum Gasteiger partial charge on any atom is -0.399 e. The molecule has 0 saturated carbocycles. The number of halogens is 1. The maximum Gasteiger partial charge on any atom is 0.282 e. The number of carbonyl (C=O) groups is 2. The Labute approximate surface area is 180 Å². The molecule has 2 rings (SSSR count). The van der Waals surface area contributed by atoms with Crippen molar-refractivity contribution in [1.29, 1.82) is 0 Å². The summed E-state index contributed by atoms with van der Waals surface area (Å²) in [6, 6.07) is 5.23. The summed E-state index contributed by atoms with van der Waals surface area (Å²) in [6.45, 7) is 6.26. The number of nitrogens with two attached hydrogens (primary N) is 1. The van der Waals surface area contributed by atoms with E-state index in [2.05, 4.69) is 6.92 Å². The first-order valence-corrected chi connectivity index (χ1v) is 11.1. The number of likely N-dealkylation sites (N-methyl/N-ethyl adjacent to an activating group) is 1. The minimum absolute atomic E-state index is 0.0611. The molecular weight excluding hydrogens is 388 g/mol. The van der Waals surface area contributed by atoms with Gasteiger partial charge in [0.1, 0.15) is 0 Å². The zero-order valence-electron chi connectivity index (χ0n) is 18.1. The van der Waals surface area contributed by atoms with E-state index in [0.717, 1.165) is 62.8 Å². The SMILES string of the molecule is CCCCC(=O)N(C)CCC[N+]1(CC(=O)N(C)c2ccc(N)cc2Cl)CCCC1. The molecule has 162 valence electrons. The summed E-state index contributed by atoms with van der Waals surface area (Å²) in [7, 11) is 3.65. The molecule has 1 heterocycles. The standard InChI is InChI=1S/C22H36ClN4O2/c1-4-5-9-21(28)25(2)12-8-15-27(13-6-7-14-27)17-22(29)26(3)20-11-10-18(24)16-19(20)23/h10-11,16H,4-9,12-15,17,24H2,1-3H3/q+1. The van der Waals surface area contributed by atoms with E-state index in [1.54, 1.807) is 30.1 Å². The molecule has 6 nitrogen and oxygen atoms in total. The van der Waals surface area contributed by atoms with Gasteiger partial charge >= 0.3 is 0 Å². The molecule has 1 aliphatic heterocycles. The van der Waals surface area contributed by atoms with Gasteiger partial charge in [0.15, 0.2) is 6.54 Å². The van der Waals surface area contributed by atoms with Crippen LogP contribution in [0, 0.1) is 0 Å². The summed E-state index contributed by atoms with van der Waals surface area (Å²) in [5, 5.41) is 0.487. The molecule has 7 heteroatoms. The van der Waals surface area contributed by atoms with Gasteiger partial charge in [-0.1, -0.05) is 24.9 Å². The van der Waals surface area contributed by atoms with Gasteiger partial charge in [-0.3, -0.25) is 9.59 Å². The predicted molar refractivity (Wildman–Crippen MR) is 120 cm³/mol. The number of nitrogen functional groups attached to an aromatic ring is 1. The number of hydrogen-bond acceptors (Lipinski definition) is 3. The van der Waals surface area contributed by atoms with Gasteiger partial charge in [-0.15, -0.1) is 0 Å². The lowest BCUT2D eigenvalue weighted by molar-refractivity contribution is -0.909. The number of benzene rings is 1. The summed E-state index contributed by atoms with van der Waals surface area (Å²) in [4.78, 5) is 28.6. The average molecular weight is 424 g/mol. The summed E-state index contributed by atoms with van der Waals surface area (Å²) >= 11 is 6.29. The molecule has 1 saturated heterocycles. The normalized spacial score (nSPS) is 15.3. The maximum absolute atomic E-state index is 13.0. The van der Waals surface area contributed by atoms with Crippen LogP contribution in [0.15, 0.2) is 18.2 Å². The molecule has 1 aliphatic rings. The second-order valence-corrected chi connectivity index (χ2v) is 8.72. The van der Waals surface area contributed by atoms with Crippen molar-refractivity contribution < 1.29 is 14.1 Å². The van der Waals surface area contributed by atoms with Crippen molar-refractivity contribution >= 4 is 34.8 Å². The van der Waals surface area contributed by atoms with Crippen LogP contribution in [0.4, 0.5) is 11.4 Å². The predicted octanol–water partition coefficient (Wildman–Crippen LogP) is 3.53. The second-order valence-electron chi connectivity index (χ2n) is 8.31. The van der Waals surface area contributed by atoms with Crippen molar-refractivity contribution in [2.75, 3.05) is 57.5 Å². The van der Waals surface area contributed by atoms with E-state index < -0.39 is 0 Å². The molecule has 0 radical (unpaired) electrons. The topological polar surface area (TPSA) is 66.6 Å². The zero-order chi connectivity index (χ0) is 21.4. The number of hydrogen-bond donors (Lipinski definition) is 1. The molecule has 0 aliphatic carbocycles. The van der Waals surface area contributed by atoms with Gasteiger partial charge in [0, 0.05) is 52.0 Å². The number of anilines is 2. The molecule has 0 bridgehead atoms. The number of likely N-dealkylation sites (tertiary alicyclic amines) is 1. The number of nitrogens with zero attached hydrogens (tertiary/aromatic N) is 3. The van der Waals surface area contributed by atoms with E-state index in [9.17, 15) is 9.59 Å². The van der Waals surface area contributed by atoms with E-state index in [4.69, 9.17) is 17.3 Å². The number of amides is 2. The minimum atomic E-state index is 0.0611. The third kappa shape index (κ3) is 6.61. The lowest BCUT2D eigenvalue weighted by atomic mass is 10.2. The first-order valence-electron chi connectivity index (χ1n) is 10.7. The molecule has 0 atom stereocenters. The Morgan fingerprint density at radius 3 is 2.45 bits per heavy atom. The third-order valence-corrected chi connectivity index (χ3v) is 6.29. The highest BCUT2D eigenvalue weighted by molar-refractivity contribution is 6.34. The monoisotopic (exact) mass is 423 g/mol. The average Bonchev–Trinajstić information content (AvgIpc) is 3.13. The van der Waals surface area contributed by atoms with Crippen LogP contribution in [0.2, 0.25) is 5.02 Å². The Morgan fingerprint density at radius 2 is 1.83 bits per heavy atom. The van der Waals surface area contributed by atoms with Crippen molar-refractivity contribution in [1.82, 2.24) is 4.90 Å². The largest absolute Gasteiger partial charge is 0.399 e. The molecule has 2 amide bonds. The molecule has 0 spiro atoms. The van der Waals surface area contributed by atoms with Crippen molar-refractivity contribution in [3.63, 3.8) is 0 Å². The number of quaternary nitrogens is 1. The van der Waals surface area contributed by atoms with Crippen molar-refractivity contribution in [2.24, 2.45) is 0 Å². The highest BCUT2D eigenvalue weighted by Crippen LogP contribution is 2.28. The van der Waals surface area contributed by atoms with Crippen molar-refractivity contribution in [3.8, 4) is 0 Å². The highest BCUT2D eigenvalue weighted by Gasteiger charge is 2.35. The van der Waals surface area contributed by atoms with Crippen LogP contribution in [0.25, 0.3) is 0 Å². The van der Waals surface area contributed by atoms with Gasteiger partial charge < -0.3 is 20.0 Å². The number of carbonyl (C=O) groups excluding carboxylic acids is 2. The fourth-order valence-electron chi connectivity index (χ4n) is 4.08. The van der Waals surface area contributed by atoms with Gasteiger partial charge in [-0.25, -0.2) is 0 Å². The molecular formula is C22H36ClN4O2+. The van der Waals surface area contributed by atoms with E-state index in [-0.39, 0.29) is 11.8 Å². The van der Waals surface area contributed by atoms with Gasteiger partial charge in [0.2, 0.25) is 5.91 Å². The second kappa shape index (κ2) is 10.8. The molecule has 0 unspecified atom stereocenters. The van der Waals surface area contributed by atoms with Crippen LogP contribution in [-0.2, 0) is 9.59 Å². The van der Waals surface area contributed by atoms with Crippen LogP contribution in [0.3, 0.4) is 0 Å². The number of unbranched alkanes of at least 4 members (excludes halogenated alkanes) is 1. The highest BCUT2D eigenvalue weighted by atomic mass is 35.5. The Balaban J connectivity index is 1.94. The zero-order valence-corrected chi connectivity index (χ0v) is 18.9. The quantitative estimate of drug-likeness (QED) is 0.462. The van der Waals surface area contributed by atoms with Gasteiger partial charge in [0.05, 0.1) is 30.3 Å². The summed E-state index contributed by atoms with van der Waals surface area (Å²) in [6.07, 6.45) is 5.80. The van der Waals surface area contributed by atoms with Crippen molar-refractivity contribution in [2.45, 2.75) is 45.4 Å². The summed E-state index contributed by atoms with van der Waals surface area (Å²) in [5.41, 5.74) is 7.03. The lowest BCUT2D eigenvalue weighted by Gasteiger charge is -2.35. The van der Waals surface area contributed by atoms with Crippen LogP contribution < -0.4 is 10.6 Å². The van der Waals surface area contributed by atoms with Crippen LogP contribution in [0.1, 0.15) is 45.4 Å². The maximum atomic E-state index is 13.0. The fourth-order valence-corrected chi connectivity index (χ4v) is 4.39. The van der Waals surface area contributed by atoms with Gasteiger partial charge in [-0.2, -0.15) is 0 Å². The Kier molecular flexibility index (Phi) is 8.78. The van der Waals surface area contributed by atoms with Gasteiger partial charge in [-0.05, 0) is 24.6 Å². The van der Waals surface area contributed by atoms with E-state index in [1.165, 1.54) is 0 Å². The number of rotatable bonds is 10. The van der Waals surface area contributed by atoms with Gasteiger partial charge in [0.25, 0.3) is 5.91 Å². The lowest BCUT2D eigenvalue weighted by Crippen LogP contribution is -2.53.